The SMILES string of the molecule is CN1CCC(Oc2ncc(N3C(=S)N(c4cnc(C#N)c(Cl)c4)C(=O)C34CCC4)cn2)CC1. The van der Waals surface area contributed by atoms with Gasteiger partial charge in [0.05, 0.1) is 35.0 Å². The zero-order chi connectivity index (χ0) is 23.2. The molecule has 0 unspecified atom stereocenters. The van der Waals surface area contributed by atoms with Crippen molar-refractivity contribution in [3.05, 3.63) is 35.4 Å². The molecule has 0 N–H and O–H groups in total. The predicted octanol–water partition coefficient (Wildman–Crippen LogP) is 2.93. The molecule has 1 aliphatic carbocycles. The molecule has 1 spiro atoms. The molecule has 170 valence electrons. The summed E-state index contributed by atoms with van der Waals surface area (Å²) in [6.07, 6.45) is 9.00. The van der Waals surface area contributed by atoms with Crippen LogP contribution in [0.3, 0.4) is 0 Å². The van der Waals surface area contributed by atoms with Gasteiger partial charge in [-0.2, -0.15) is 5.26 Å². The van der Waals surface area contributed by atoms with Crippen LogP contribution in [0.25, 0.3) is 0 Å². The fraction of sp³-hybridized carbons (Fsp3) is 0.455. The van der Waals surface area contributed by atoms with E-state index in [0.717, 1.165) is 32.4 Å². The van der Waals surface area contributed by atoms with E-state index >= 15 is 0 Å². The number of amides is 1. The fourth-order valence-electron chi connectivity index (χ4n) is 4.58. The molecule has 2 aromatic heterocycles. The summed E-state index contributed by atoms with van der Waals surface area (Å²) in [7, 11) is 2.10. The predicted molar refractivity (Wildman–Crippen MR) is 126 cm³/mol. The molecular weight excluding hydrogens is 462 g/mol. The Hall–Kier alpha value is -2.87. The highest BCUT2D eigenvalue weighted by molar-refractivity contribution is 7.81. The Morgan fingerprint density at radius 1 is 1.18 bits per heavy atom. The summed E-state index contributed by atoms with van der Waals surface area (Å²) >= 11 is 11.9. The Kier molecular flexibility index (Phi) is 5.64. The molecule has 2 aliphatic heterocycles. The van der Waals surface area contributed by atoms with Crippen LogP contribution in [0, 0.1) is 11.3 Å². The third kappa shape index (κ3) is 3.70. The van der Waals surface area contributed by atoms with Gasteiger partial charge in [0.15, 0.2) is 10.8 Å². The van der Waals surface area contributed by atoms with Crippen LogP contribution in [0.5, 0.6) is 6.01 Å². The van der Waals surface area contributed by atoms with Crippen molar-refractivity contribution in [1.29, 1.82) is 5.26 Å². The summed E-state index contributed by atoms with van der Waals surface area (Å²) in [6.45, 7) is 1.97. The van der Waals surface area contributed by atoms with Gasteiger partial charge < -0.3 is 9.64 Å². The number of hydrogen-bond acceptors (Lipinski definition) is 8. The monoisotopic (exact) mass is 483 g/mol. The van der Waals surface area contributed by atoms with Crippen molar-refractivity contribution in [2.75, 3.05) is 29.9 Å². The first-order valence-corrected chi connectivity index (χ1v) is 11.6. The molecule has 4 heterocycles. The van der Waals surface area contributed by atoms with Crippen LogP contribution in [-0.2, 0) is 4.79 Å². The minimum Gasteiger partial charge on any atom is -0.460 e. The molecule has 0 aromatic carbocycles. The number of anilines is 2. The largest absolute Gasteiger partial charge is 0.460 e. The van der Waals surface area contributed by atoms with E-state index in [1.54, 1.807) is 18.5 Å². The van der Waals surface area contributed by atoms with Crippen LogP contribution in [-0.4, -0.2) is 62.7 Å². The number of likely N-dealkylation sites (tertiary alicyclic amines) is 1. The van der Waals surface area contributed by atoms with Crippen LogP contribution in [0.15, 0.2) is 24.7 Å². The number of thiocarbonyl (C=S) groups is 1. The van der Waals surface area contributed by atoms with Crippen molar-refractivity contribution in [3.63, 3.8) is 0 Å². The third-order valence-corrected chi connectivity index (χ3v) is 7.25. The molecule has 2 aromatic rings. The lowest BCUT2D eigenvalue weighted by atomic mass is 9.75. The van der Waals surface area contributed by atoms with E-state index in [2.05, 4.69) is 26.9 Å². The van der Waals surface area contributed by atoms with Crippen molar-refractivity contribution < 1.29 is 9.53 Å². The highest BCUT2D eigenvalue weighted by Crippen LogP contribution is 2.47. The lowest BCUT2D eigenvalue weighted by molar-refractivity contribution is -0.123. The number of carbonyl (C=O) groups is 1. The molecule has 0 bridgehead atoms. The number of nitriles is 1. The number of rotatable bonds is 4. The lowest BCUT2D eigenvalue weighted by Gasteiger charge is -2.42. The molecule has 5 rings (SSSR count). The number of halogens is 1. The fourth-order valence-corrected chi connectivity index (χ4v) is 5.25. The van der Waals surface area contributed by atoms with E-state index in [9.17, 15) is 4.79 Å². The maximum Gasteiger partial charge on any atom is 0.316 e. The molecular formula is C22H22ClN7O2S. The smallest absolute Gasteiger partial charge is 0.316 e. The van der Waals surface area contributed by atoms with Gasteiger partial charge in [0.2, 0.25) is 0 Å². The first-order chi connectivity index (χ1) is 15.9. The molecule has 3 fully saturated rings. The number of nitrogens with zero attached hydrogens (tertiary/aromatic N) is 7. The lowest BCUT2D eigenvalue weighted by Crippen LogP contribution is -2.55. The number of ether oxygens (including phenoxy) is 1. The normalized spacial score (nSPS) is 20.8. The van der Waals surface area contributed by atoms with E-state index < -0.39 is 5.54 Å². The second-order valence-corrected chi connectivity index (χ2v) is 9.40. The maximum absolute atomic E-state index is 13.5. The first kappa shape index (κ1) is 21.9. The van der Waals surface area contributed by atoms with Crippen LogP contribution < -0.4 is 14.5 Å². The number of carbonyl (C=O) groups excluding carboxylic acids is 1. The quantitative estimate of drug-likeness (QED) is 0.607. The van der Waals surface area contributed by atoms with Gasteiger partial charge in [-0.3, -0.25) is 14.6 Å². The average Bonchev–Trinajstić information content (AvgIpc) is 3.02. The zero-order valence-corrected chi connectivity index (χ0v) is 19.6. The van der Waals surface area contributed by atoms with Gasteiger partial charge in [0, 0.05) is 13.1 Å². The van der Waals surface area contributed by atoms with E-state index in [1.807, 2.05) is 11.0 Å². The minimum absolute atomic E-state index is 0.0989. The summed E-state index contributed by atoms with van der Waals surface area (Å²) in [6, 6.07) is 3.79. The second kappa shape index (κ2) is 8.48. The molecule has 0 radical (unpaired) electrons. The van der Waals surface area contributed by atoms with E-state index in [-0.39, 0.29) is 22.7 Å². The topological polar surface area (TPSA) is 98.5 Å². The Morgan fingerprint density at radius 2 is 1.85 bits per heavy atom. The van der Waals surface area contributed by atoms with Crippen LogP contribution >= 0.6 is 23.8 Å². The standard InChI is InChI=1S/C22H22ClN7O2S/c1-28-7-3-16(4-8-28)32-20-26-12-15(13-27-20)30-21(33)29(19(31)22(30)5-2-6-22)14-9-17(23)18(10-24)25-11-14/h9,11-13,16H,2-8H2,1H3. The Morgan fingerprint density at radius 3 is 2.42 bits per heavy atom. The van der Waals surface area contributed by atoms with E-state index in [1.165, 1.54) is 11.1 Å². The Labute approximate surface area is 201 Å². The van der Waals surface area contributed by atoms with Crippen molar-refractivity contribution >= 4 is 46.2 Å². The number of aromatic nitrogens is 3. The summed E-state index contributed by atoms with van der Waals surface area (Å²) in [5.74, 6) is -0.132. The van der Waals surface area contributed by atoms with Crippen molar-refractivity contribution in [1.82, 2.24) is 19.9 Å². The zero-order valence-electron chi connectivity index (χ0n) is 18.1. The summed E-state index contributed by atoms with van der Waals surface area (Å²) in [4.78, 5) is 31.9. The van der Waals surface area contributed by atoms with Gasteiger partial charge >= 0.3 is 6.01 Å². The van der Waals surface area contributed by atoms with Crippen molar-refractivity contribution in [2.45, 2.75) is 43.7 Å². The Bertz CT molecular complexity index is 1140. The van der Waals surface area contributed by atoms with Gasteiger partial charge in [-0.05, 0) is 57.4 Å². The highest BCUT2D eigenvalue weighted by Gasteiger charge is 2.59. The van der Waals surface area contributed by atoms with Gasteiger partial charge in [-0.25, -0.2) is 15.0 Å². The molecule has 9 nitrogen and oxygen atoms in total. The average molecular weight is 484 g/mol. The van der Waals surface area contributed by atoms with Crippen LogP contribution in [0.4, 0.5) is 11.4 Å². The van der Waals surface area contributed by atoms with Crippen molar-refractivity contribution in [2.24, 2.45) is 0 Å². The van der Waals surface area contributed by atoms with Crippen molar-refractivity contribution in [3.8, 4) is 12.1 Å². The molecule has 33 heavy (non-hydrogen) atoms. The summed E-state index contributed by atoms with van der Waals surface area (Å²) in [5, 5.41) is 9.59. The minimum atomic E-state index is -0.767. The van der Waals surface area contributed by atoms with Gasteiger partial charge in [0.25, 0.3) is 5.91 Å². The number of hydrogen-bond donors (Lipinski definition) is 0. The molecule has 1 amide bonds. The van der Waals surface area contributed by atoms with E-state index in [4.69, 9.17) is 33.8 Å². The van der Waals surface area contributed by atoms with Gasteiger partial charge in [0.1, 0.15) is 17.7 Å². The second-order valence-electron chi connectivity index (χ2n) is 8.62. The van der Waals surface area contributed by atoms with Crippen LogP contribution in [0.1, 0.15) is 37.8 Å². The summed E-state index contributed by atoms with van der Waals surface area (Å²) in [5.41, 5.74) is 0.406. The summed E-state index contributed by atoms with van der Waals surface area (Å²) < 4.78 is 5.96. The van der Waals surface area contributed by atoms with Gasteiger partial charge in [-0.15, -0.1) is 0 Å². The number of pyridine rings is 1. The maximum atomic E-state index is 13.5. The third-order valence-electron chi connectivity index (χ3n) is 6.59. The van der Waals surface area contributed by atoms with Crippen LogP contribution in [0.2, 0.25) is 5.02 Å². The molecule has 2 saturated heterocycles. The molecule has 11 heteroatoms. The van der Waals surface area contributed by atoms with E-state index in [0.29, 0.717) is 35.3 Å². The highest BCUT2D eigenvalue weighted by atomic mass is 35.5. The molecule has 3 aliphatic rings. The Balaban J connectivity index is 1.40. The first-order valence-electron chi connectivity index (χ1n) is 10.8. The van der Waals surface area contributed by atoms with Gasteiger partial charge in [-0.1, -0.05) is 11.6 Å². The molecule has 0 atom stereocenters. The molecule has 1 saturated carbocycles. The number of piperidine rings is 1.